The highest BCUT2D eigenvalue weighted by Gasteiger charge is 2.32. The maximum atomic E-state index is 11.7. The van der Waals surface area contributed by atoms with Gasteiger partial charge in [-0.05, 0) is 5.56 Å². The molecule has 0 radical (unpaired) electrons. The second-order valence-electron chi connectivity index (χ2n) is 5.05. The Morgan fingerprint density at radius 2 is 2.29 bits per heavy atom. The van der Waals surface area contributed by atoms with E-state index in [-0.39, 0.29) is 17.9 Å². The van der Waals surface area contributed by atoms with Gasteiger partial charge in [0.25, 0.3) is 0 Å². The molecule has 21 heavy (non-hydrogen) atoms. The summed E-state index contributed by atoms with van der Waals surface area (Å²) in [5, 5.41) is 8.94. The van der Waals surface area contributed by atoms with Crippen LogP contribution in [0.15, 0.2) is 18.3 Å². The van der Waals surface area contributed by atoms with E-state index in [2.05, 4.69) is 4.98 Å². The molecule has 2 rings (SSSR count). The van der Waals surface area contributed by atoms with Crippen LogP contribution in [0.2, 0.25) is 0 Å². The zero-order valence-corrected chi connectivity index (χ0v) is 12.5. The van der Waals surface area contributed by atoms with Crippen LogP contribution in [0.1, 0.15) is 12.0 Å². The molecule has 1 saturated heterocycles. The first kappa shape index (κ1) is 15.7. The zero-order chi connectivity index (χ0) is 15.5. The van der Waals surface area contributed by atoms with Crippen molar-refractivity contribution in [1.82, 2.24) is 9.88 Å². The van der Waals surface area contributed by atoms with Crippen molar-refractivity contribution < 1.29 is 23.1 Å². The summed E-state index contributed by atoms with van der Waals surface area (Å²) in [6.45, 7) is 0.816. The molecular formula is C13H18N2O5S. The number of pyridine rings is 1. The molecule has 1 aliphatic rings. The fraction of sp³-hybridized carbons (Fsp3) is 0.538. The van der Waals surface area contributed by atoms with Crippen LogP contribution in [0.25, 0.3) is 0 Å². The molecule has 0 spiro atoms. The van der Waals surface area contributed by atoms with Crippen molar-refractivity contribution in [2.45, 2.75) is 19.0 Å². The molecule has 0 aliphatic carbocycles. The second kappa shape index (κ2) is 6.40. The number of aliphatic carboxylic acids is 1. The molecule has 0 saturated carbocycles. The topological polar surface area (TPSA) is 96.8 Å². The molecular weight excluding hydrogens is 296 g/mol. The van der Waals surface area contributed by atoms with Gasteiger partial charge in [-0.3, -0.25) is 9.69 Å². The minimum Gasteiger partial charge on any atom is -0.481 e. The van der Waals surface area contributed by atoms with Crippen LogP contribution >= 0.6 is 0 Å². The molecule has 1 N–H and O–H groups in total. The third-order valence-electron chi connectivity index (χ3n) is 3.45. The van der Waals surface area contributed by atoms with E-state index in [0.29, 0.717) is 19.0 Å². The standard InChI is InChI=1S/C13H18N2O5S/c1-20-12-3-2-10(7-14-12)8-15-4-5-21(18,19)9-11(15)6-13(16)17/h2-3,7,11H,4-6,8-9H2,1H3,(H,16,17). The maximum Gasteiger partial charge on any atom is 0.304 e. The van der Waals surface area contributed by atoms with Gasteiger partial charge in [-0.2, -0.15) is 0 Å². The summed E-state index contributed by atoms with van der Waals surface area (Å²) in [5.41, 5.74) is 0.894. The van der Waals surface area contributed by atoms with Gasteiger partial charge < -0.3 is 9.84 Å². The molecule has 116 valence electrons. The van der Waals surface area contributed by atoms with E-state index in [1.807, 2.05) is 11.0 Å². The van der Waals surface area contributed by atoms with Crippen LogP contribution in [0.4, 0.5) is 0 Å². The summed E-state index contributed by atoms with van der Waals surface area (Å²) in [6, 6.07) is 3.07. The van der Waals surface area contributed by atoms with Crippen molar-refractivity contribution in [3.8, 4) is 5.88 Å². The van der Waals surface area contributed by atoms with Gasteiger partial charge >= 0.3 is 5.97 Å². The zero-order valence-electron chi connectivity index (χ0n) is 11.7. The molecule has 0 amide bonds. The number of rotatable bonds is 5. The minimum absolute atomic E-state index is 0.0622. The molecule has 0 aromatic carbocycles. The average molecular weight is 314 g/mol. The number of hydrogen-bond donors (Lipinski definition) is 1. The first-order valence-corrected chi connectivity index (χ1v) is 8.37. The Balaban J connectivity index is 2.09. The van der Waals surface area contributed by atoms with Crippen LogP contribution in [0, 0.1) is 0 Å². The number of aromatic nitrogens is 1. The lowest BCUT2D eigenvalue weighted by molar-refractivity contribution is -0.138. The quantitative estimate of drug-likeness (QED) is 0.827. The second-order valence-corrected chi connectivity index (χ2v) is 7.27. The highest BCUT2D eigenvalue weighted by atomic mass is 32.2. The van der Waals surface area contributed by atoms with Crippen LogP contribution in [-0.2, 0) is 21.2 Å². The predicted octanol–water partition coefficient (Wildman–Crippen LogP) is 0.164. The first-order chi connectivity index (χ1) is 9.89. The van der Waals surface area contributed by atoms with Crippen molar-refractivity contribution in [3.63, 3.8) is 0 Å². The Morgan fingerprint density at radius 1 is 1.52 bits per heavy atom. The fourth-order valence-corrected chi connectivity index (χ4v) is 3.97. The normalized spacial score (nSPS) is 21.9. The van der Waals surface area contributed by atoms with Crippen LogP contribution in [0.5, 0.6) is 5.88 Å². The third kappa shape index (κ3) is 4.40. The molecule has 1 unspecified atom stereocenters. The van der Waals surface area contributed by atoms with Gasteiger partial charge in [0.15, 0.2) is 9.84 Å². The van der Waals surface area contributed by atoms with Gasteiger partial charge in [-0.15, -0.1) is 0 Å². The SMILES string of the molecule is COc1ccc(CN2CCS(=O)(=O)CC2CC(=O)O)cn1. The Bertz CT molecular complexity index is 599. The monoisotopic (exact) mass is 314 g/mol. The van der Waals surface area contributed by atoms with Gasteiger partial charge in [0.05, 0.1) is 25.0 Å². The molecule has 7 nitrogen and oxygen atoms in total. The Hall–Kier alpha value is -1.67. The van der Waals surface area contributed by atoms with Crippen molar-refractivity contribution >= 4 is 15.8 Å². The molecule has 1 aromatic heterocycles. The lowest BCUT2D eigenvalue weighted by atomic mass is 10.1. The smallest absolute Gasteiger partial charge is 0.304 e. The molecule has 0 bridgehead atoms. The van der Waals surface area contributed by atoms with Crippen molar-refractivity contribution in [1.29, 1.82) is 0 Å². The third-order valence-corrected chi connectivity index (χ3v) is 5.15. The van der Waals surface area contributed by atoms with E-state index in [0.717, 1.165) is 5.56 Å². The highest BCUT2D eigenvalue weighted by molar-refractivity contribution is 7.91. The summed E-state index contributed by atoms with van der Waals surface area (Å²) in [7, 11) is -1.63. The van der Waals surface area contributed by atoms with Crippen molar-refractivity contribution in [2.75, 3.05) is 25.2 Å². The van der Waals surface area contributed by atoms with Gasteiger partial charge in [0, 0.05) is 31.4 Å². The van der Waals surface area contributed by atoms with E-state index in [9.17, 15) is 13.2 Å². The average Bonchev–Trinajstić information content (AvgIpc) is 2.41. The van der Waals surface area contributed by atoms with Crippen LogP contribution in [0.3, 0.4) is 0 Å². The summed E-state index contributed by atoms with van der Waals surface area (Å²) < 4.78 is 28.3. The number of carboxylic acids is 1. The van der Waals surface area contributed by atoms with E-state index in [1.165, 1.54) is 7.11 Å². The largest absolute Gasteiger partial charge is 0.481 e. The fourth-order valence-electron chi connectivity index (χ4n) is 2.38. The number of carbonyl (C=O) groups is 1. The Kier molecular flexibility index (Phi) is 4.79. The first-order valence-electron chi connectivity index (χ1n) is 6.55. The minimum atomic E-state index is -3.15. The molecule has 1 fully saturated rings. The molecule has 1 aromatic rings. The molecule has 2 heterocycles. The summed E-state index contributed by atoms with van der Waals surface area (Å²) >= 11 is 0. The van der Waals surface area contributed by atoms with E-state index < -0.39 is 21.8 Å². The summed E-state index contributed by atoms with van der Waals surface area (Å²) in [5.74, 6) is -0.535. The van der Waals surface area contributed by atoms with Gasteiger partial charge in [-0.1, -0.05) is 6.07 Å². The Morgan fingerprint density at radius 3 is 2.86 bits per heavy atom. The predicted molar refractivity (Wildman–Crippen MR) is 75.9 cm³/mol. The van der Waals surface area contributed by atoms with Crippen LogP contribution < -0.4 is 4.74 Å². The maximum absolute atomic E-state index is 11.7. The lowest BCUT2D eigenvalue weighted by Crippen LogP contribution is -2.48. The number of sulfone groups is 1. The number of nitrogens with zero attached hydrogens (tertiary/aromatic N) is 2. The Labute approximate surface area is 123 Å². The number of methoxy groups -OCH3 is 1. The van der Waals surface area contributed by atoms with Crippen LogP contribution in [-0.4, -0.2) is 60.6 Å². The summed E-state index contributed by atoms with van der Waals surface area (Å²) in [6.07, 6.45) is 1.47. The van der Waals surface area contributed by atoms with E-state index >= 15 is 0 Å². The van der Waals surface area contributed by atoms with E-state index in [4.69, 9.17) is 9.84 Å². The molecule has 8 heteroatoms. The molecule has 1 aliphatic heterocycles. The lowest BCUT2D eigenvalue weighted by Gasteiger charge is -2.34. The van der Waals surface area contributed by atoms with Gasteiger partial charge in [0.2, 0.25) is 5.88 Å². The van der Waals surface area contributed by atoms with Crippen molar-refractivity contribution in [3.05, 3.63) is 23.9 Å². The number of hydrogen-bond acceptors (Lipinski definition) is 6. The summed E-state index contributed by atoms with van der Waals surface area (Å²) in [4.78, 5) is 16.9. The molecule has 1 atom stereocenters. The van der Waals surface area contributed by atoms with Gasteiger partial charge in [-0.25, -0.2) is 13.4 Å². The number of ether oxygens (including phenoxy) is 1. The highest BCUT2D eigenvalue weighted by Crippen LogP contribution is 2.18. The number of carboxylic acid groups (broad SMARTS) is 1. The van der Waals surface area contributed by atoms with E-state index in [1.54, 1.807) is 12.3 Å². The van der Waals surface area contributed by atoms with Crippen molar-refractivity contribution in [2.24, 2.45) is 0 Å². The van der Waals surface area contributed by atoms with Gasteiger partial charge in [0.1, 0.15) is 0 Å².